The molecule has 0 unspecified atom stereocenters. The molecular weight excluding hydrogens is 276 g/mol. The van der Waals surface area contributed by atoms with Crippen molar-refractivity contribution >= 4 is 16.9 Å². The molecule has 106 valence electrons. The molecule has 3 rings (SSSR count). The summed E-state index contributed by atoms with van der Waals surface area (Å²) in [6.45, 7) is 0.181. The van der Waals surface area contributed by atoms with Gasteiger partial charge in [0.25, 0.3) is 11.2 Å². The van der Waals surface area contributed by atoms with Crippen molar-refractivity contribution in [3.8, 4) is 0 Å². The summed E-state index contributed by atoms with van der Waals surface area (Å²) < 4.78 is 2.75. The Morgan fingerprint density at radius 1 is 1.38 bits per heavy atom. The topological polar surface area (TPSA) is 109 Å². The Hall–Kier alpha value is -3.10. The largest absolute Gasteiger partial charge is 0.293 e. The van der Waals surface area contributed by atoms with Crippen LogP contribution < -0.4 is 5.56 Å². The van der Waals surface area contributed by atoms with Gasteiger partial charge >= 0.3 is 0 Å². The van der Waals surface area contributed by atoms with Gasteiger partial charge in [0.15, 0.2) is 11.2 Å². The minimum absolute atomic E-state index is 0.0194. The monoisotopic (exact) mass is 286 g/mol. The summed E-state index contributed by atoms with van der Waals surface area (Å²) in [5.74, 6) is 0. The Morgan fingerprint density at radius 3 is 2.95 bits per heavy atom. The molecule has 0 fully saturated rings. The van der Waals surface area contributed by atoms with Gasteiger partial charge in [0.1, 0.15) is 6.33 Å². The highest BCUT2D eigenvalue weighted by molar-refractivity contribution is 5.67. The van der Waals surface area contributed by atoms with E-state index in [-0.39, 0.29) is 23.3 Å². The number of nitrogens with zero attached hydrogens (tertiary/aromatic N) is 6. The Morgan fingerprint density at radius 2 is 2.19 bits per heavy atom. The van der Waals surface area contributed by atoms with E-state index in [2.05, 4.69) is 15.3 Å². The average molecular weight is 286 g/mol. The van der Waals surface area contributed by atoms with Crippen molar-refractivity contribution in [2.45, 2.75) is 6.54 Å². The zero-order valence-electron chi connectivity index (χ0n) is 11.0. The second kappa shape index (κ2) is 4.78. The third kappa shape index (κ3) is 2.24. The van der Waals surface area contributed by atoms with Crippen molar-refractivity contribution in [1.29, 1.82) is 0 Å². The highest BCUT2D eigenvalue weighted by atomic mass is 16.6. The molecule has 0 radical (unpaired) electrons. The van der Waals surface area contributed by atoms with Crippen LogP contribution in [0.15, 0.2) is 35.4 Å². The van der Waals surface area contributed by atoms with Crippen LogP contribution >= 0.6 is 0 Å². The van der Waals surface area contributed by atoms with Crippen LogP contribution in [0.3, 0.4) is 0 Å². The molecule has 2 aromatic heterocycles. The van der Waals surface area contributed by atoms with Crippen LogP contribution in [0, 0.1) is 10.1 Å². The maximum atomic E-state index is 12.2. The fraction of sp³-hybridized carbons (Fsp3) is 0.167. The molecule has 0 saturated heterocycles. The van der Waals surface area contributed by atoms with Gasteiger partial charge in [-0.15, -0.1) is 5.10 Å². The number of nitro groups is 1. The van der Waals surface area contributed by atoms with Crippen molar-refractivity contribution in [1.82, 2.24) is 24.5 Å². The number of hydrogen-bond donors (Lipinski definition) is 0. The van der Waals surface area contributed by atoms with Gasteiger partial charge in [0, 0.05) is 19.2 Å². The Balaban J connectivity index is 2.02. The number of rotatable bonds is 3. The first-order chi connectivity index (χ1) is 10.1. The van der Waals surface area contributed by atoms with Gasteiger partial charge in [-0.1, -0.05) is 17.3 Å². The van der Waals surface area contributed by atoms with Crippen LogP contribution in [0.25, 0.3) is 11.2 Å². The standard InChI is InChI=1S/C12H10N6O3/c1-16-11-10(14-15-16)12(19)17(7-13-11)6-8-3-2-4-9(5-8)18(20)21/h2-5,7H,6H2,1H3. The molecule has 0 N–H and O–H groups in total. The number of hydrogen-bond acceptors (Lipinski definition) is 6. The number of non-ortho nitro benzene ring substituents is 1. The maximum Gasteiger partial charge on any atom is 0.283 e. The van der Waals surface area contributed by atoms with Gasteiger partial charge < -0.3 is 0 Å². The summed E-state index contributed by atoms with van der Waals surface area (Å²) in [5.41, 5.74) is 0.853. The van der Waals surface area contributed by atoms with Gasteiger partial charge in [-0.25, -0.2) is 9.67 Å². The summed E-state index contributed by atoms with van der Waals surface area (Å²) in [6.07, 6.45) is 1.38. The van der Waals surface area contributed by atoms with Gasteiger partial charge in [-0.3, -0.25) is 19.5 Å². The van der Waals surface area contributed by atoms with Crippen LogP contribution in [0.5, 0.6) is 0 Å². The van der Waals surface area contributed by atoms with E-state index >= 15 is 0 Å². The number of nitro benzene ring substituents is 1. The van der Waals surface area contributed by atoms with Gasteiger partial charge in [-0.2, -0.15) is 0 Å². The van der Waals surface area contributed by atoms with Crippen LogP contribution in [0.4, 0.5) is 5.69 Å². The summed E-state index contributed by atoms with van der Waals surface area (Å²) >= 11 is 0. The number of benzene rings is 1. The fourth-order valence-corrected chi connectivity index (χ4v) is 2.03. The zero-order chi connectivity index (χ0) is 15.0. The third-order valence-corrected chi connectivity index (χ3v) is 3.05. The van der Waals surface area contributed by atoms with Gasteiger partial charge in [0.05, 0.1) is 11.5 Å². The summed E-state index contributed by atoms with van der Waals surface area (Å²) in [7, 11) is 1.65. The highest BCUT2D eigenvalue weighted by Gasteiger charge is 2.11. The van der Waals surface area contributed by atoms with E-state index in [0.29, 0.717) is 11.2 Å². The molecule has 0 saturated carbocycles. The van der Waals surface area contributed by atoms with Crippen molar-refractivity contribution in [2.75, 3.05) is 0 Å². The molecule has 0 spiro atoms. The summed E-state index contributed by atoms with van der Waals surface area (Å²) in [4.78, 5) is 26.6. The molecule has 0 aliphatic rings. The predicted octanol–water partition coefficient (Wildman–Crippen LogP) is 0.481. The van der Waals surface area contributed by atoms with E-state index in [1.807, 2.05) is 0 Å². The molecule has 2 heterocycles. The van der Waals surface area contributed by atoms with Crippen LogP contribution in [0.2, 0.25) is 0 Å². The number of aromatic nitrogens is 5. The zero-order valence-corrected chi connectivity index (χ0v) is 11.0. The lowest BCUT2D eigenvalue weighted by atomic mass is 10.2. The van der Waals surface area contributed by atoms with Crippen molar-refractivity contribution in [3.05, 3.63) is 56.6 Å². The molecular formula is C12H10N6O3. The fourth-order valence-electron chi connectivity index (χ4n) is 2.03. The van der Waals surface area contributed by atoms with Crippen molar-refractivity contribution < 1.29 is 4.92 Å². The van der Waals surface area contributed by atoms with E-state index in [9.17, 15) is 14.9 Å². The first kappa shape index (κ1) is 12.9. The second-order valence-electron chi connectivity index (χ2n) is 4.49. The maximum absolute atomic E-state index is 12.2. The van der Waals surface area contributed by atoms with Crippen molar-refractivity contribution in [3.63, 3.8) is 0 Å². The summed E-state index contributed by atoms with van der Waals surface area (Å²) in [6, 6.07) is 6.11. The molecule has 3 aromatic rings. The SMILES string of the molecule is Cn1nnc2c(=O)n(Cc3cccc([N+](=O)[O-])c3)cnc21. The molecule has 0 atom stereocenters. The number of aryl methyl sites for hydroxylation is 1. The van der Waals surface area contributed by atoms with E-state index in [1.54, 1.807) is 19.2 Å². The van der Waals surface area contributed by atoms with Gasteiger partial charge in [0.2, 0.25) is 0 Å². The van der Waals surface area contributed by atoms with Crippen LogP contribution in [-0.4, -0.2) is 29.5 Å². The first-order valence-electron chi connectivity index (χ1n) is 6.04. The molecule has 0 aliphatic heterocycles. The molecule has 0 amide bonds. The van der Waals surface area contributed by atoms with E-state index in [4.69, 9.17) is 0 Å². The average Bonchev–Trinajstić information content (AvgIpc) is 2.84. The second-order valence-corrected chi connectivity index (χ2v) is 4.49. The highest BCUT2D eigenvalue weighted by Crippen LogP contribution is 2.13. The smallest absolute Gasteiger partial charge is 0.283 e. The lowest BCUT2D eigenvalue weighted by molar-refractivity contribution is -0.384. The predicted molar refractivity (Wildman–Crippen MR) is 72.8 cm³/mol. The Bertz CT molecular complexity index is 897. The summed E-state index contributed by atoms with van der Waals surface area (Å²) in [5, 5.41) is 18.3. The molecule has 21 heavy (non-hydrogen) atoms. The minimum atomic E-state index is -0.476. The minimum Gasteiger partial charge on any atom is -0.293 e. The van der Waals surface area contributed by atoms with E-state index < -0.39 is 4.92 Å². The normalized spacial score (nSPS) is 10.9. The Labute approximate surface area is 117 Å². The van der Waals surface area contributed by atoms with Crippen molar-refractivity contribution in [2.24, 2.45) is 7.05 Å². The van der Waals surface area contributed by atoms with E-state index in [1.165, 1.54) is 27.7 Å². The third-order valence-electron chi connectivity index (χ3n) is 3.05. The molecule has 0 bridgehead atoms. The first-order valence-corrected chi connectivity index (χ1v) is 6.04. The molecule has 9 nitrogen and oxygen atoms in total. The lowest BCUT2D eigenvalue weighted by Gasteiger charge is -2.04. The Kier molecular flexibility index (Phi) is 2.94. The molecule has 0 aliphatic carbocycles. The van der Waals surface area contributed by atoms with E-state index in [0.717, 1.165) is 0 Å². The number of fused-ring (bicyclic) bond motifs is 1. The van der Waals surface area contributed by atoms with Crippen LogP contribution in [-0.2, 0) is 13.6 Å². The van der Waals surface area contributed by atoms with Gasteiger partial charge in [-0.05, 0) is 5.56 Å². The quantitative estimate of drug-likeness (QED) is 0.511. The lowest BCUT2D eigenvalue weighted by Crippen LogP contribution is -2.21. The molecule has 9 heteroatoms. The molecule has 1 aromatic carbocycles. The van der Waals surface area contributed by atoms with Crippen LogP contribution in [0.1, 0.15) is 5.56 Å².